The van der Waals surface area contributed by atoms with Crippen LogP contribution in [0, 0.1) is 5.92 Å². The highest BCUT2D eigenvalue weighted by atomic mass is 16.5. The van der Waals surface area contributed by atoms with Crippen LogP contribution in [-0.2, 0) is 30.3 Å². The van der Waals surface area contributed by atoms with Gasteiger partial charge in [0.1, 0.15) is 18.1 Å². The number of nitrogens with one attached hydrogen (secondary N) is 1. The van der Waals surface area contributed by atoms with Crippen LogP contribution in [0.4, 0.5) is 0 Å². The van der Waals surface area contributed by atoms with Crippen molar-refractivity contribution in [3.8, 4) is 0 Å². The first-order valence-corrected chi connectivity index (χ1v) is 11.1. The average Bonchev–Trinajstić information content (AvgIpc) is 3.35. The van der Waals surface area contributed by atoms with E-state index in [1.54, 1.807) is 6.92 Å². The van der Waals surface area contributed by atoms with Gasteiger partial charge in [0.05, 0.1) is 12.6 Å². The smallest absolute Gasteiger partial charge is 0.326 e. The molecule has 0 bridgehead atoms. The van der Waals surface area contributed by atoms with Crippen LogP contribution < -0.4 is 10.4 Å². The number of hydrogen-bond donors (Lipinski definition) is 2. The molecule has 3 rings (SSSR count). The Morgan fingerprint density at radius 1 is 1.22 bits per heavy atom. The largest absolute Gasteiger partial charge is 0.548 e. The zero-order valence-corrected chi connectivity index (χ0v) is 18.1. The van der Waals surface area contributed by atoms with Crippen LogP contribution >= 0.6 is 0 Å². The van der Waals surface area contributed by atoms with Gasteiger partial charge in [-0.15, -0.1) is 0 Å². The van der Waals surface area contributed by atoms with Gasteiger partial charge in [0.15, 0.2) is 0 Å². The molecule has 2 aliphatic rings. The van der Waals surface area contributed by atoms with Crippen LogP contribution in [0.1, 0.15) is 44.6 Å². The van der Waals surface area contributed by atoms with Crippen molar-refractivity contribution in [2.75, 3.05) is 6.61 Å². The van der Waals surface area contributed by atoms with Crippen LogP contribution in [0.25, 0.3) is 0 Å². The van der Waals surface area contributed by atoms with Gasteiger partial charge in [-0.2, -0.15) is 0 Å². The number of carbonyl (C=O) groups is 4. The van der Waals surface area contributed by atoms with E-state index in [4.69, 9.17) is 4.74 Å². The Hall–Kier alpha value is -2.94. The Bertz CT molecular complexity index is 844. The molecule has 2 N–H and O–H groups in total. The minimum atomic E-state index is -1.85. The van der Waals surface area contributed by atoms with Crippen molar-refractivity contribution in [3.63, 3.8) is 0 Å². The lowest BCUT2D eigenvalue weighted by atomic mass is 10.0. The summed E-state index contributed by atoms with van der Waals surface area (Å²) in [7, 11) is 0. The number of hydrogen-bond acceptors (Lipinski definition) is 7. The van der Waals surface area contributed by atoms with Gasteiger partial charge in [-0.1, -0.05) is 36.8 Å². The van der Waals surface area contributed by atoms with E-state index < -0.39 is 41.9 Å². The predicted octanol–water partition coefficient (Wildman–Crippen LogP) is 0.113. The summed E-state index contributed by atoms with van der Waals surface area (Å²) in [6.07, 6.45) is 3.27. The first kappa shape index (κ1) is 23.7. The van der Waals surface area contributed by atoms with Crippen molar-refractivity contribution in [2.45, 2.75) is 69.6 Å². The molecule has 32 heavy (non-hydrogen) atoms. The molecule has 1 aliphatic carbocycles. The fourth-order valence-electron chi connectivity index (χ4n) is 4.88. The van der Waals surface area contributed by atoms with E-state index in [1.165, 1.54) is 4.90 Å². The second-order valence-corrected chi connectivity index (χ2v) is 8.34. The van der Waals surface area contributed by atoms with Gasteiger partial charge in [0.2, 0.25) is 5.91 Å². The van der Waals surface area contributed by atoms with Crippen LogP contribution in [0.5, 0.6) is 0 Å². The van der Waals surface area contributed by atoms with Crippen molar-refractivity contribution in [1.29, 1.82) is 0 Å². The van der Waals surface area contributed by atoms with Gasteiger partial charge in [-0.25, -0.2) is 4.79 Å². The highest BCUT2D eigenvalue weighted by Gasteiger charge is 2.50. The Morgan fingerprint density at radius 3 is 2.56 bits per heavy atom. The Labute approximate surface area is 186 Å². The highest BCUT2D eigenvalue weighted by Crippen LogP contribution is 2.41. The lowest BCUT2D eigenvalue weighted by molar-refractivity contribution is -0.307. The second kappa shape index (κ2) is 10.6. The summed E-state index contributed by atoms with van der Waals surface area (Å²) >= 11 is 0. The molecule has 1 saturated heterocycles. The highest BCUT2D eigenvalue weighted by molar-refractivity contribution is 6.02. The number of esters is 1. The fraction of sp³-hybridized carbons (Fsp3) is 0.565. The summed E-state index contributed by atoms with van der Waals surface area (Å²) in [4.78, 5) is 50.7. The fourth-order valence-corrected chi connectivity index (χ4v) is 4.88. The number of aryl methyl sites for hydroxylation is 1. The van der Waals surface area contributed by atoms with E-state index in [9.17, 15) is 29.4 Å². The summed E-state index contributed by atoms with van der Waals surface area (Å²) < 4.78 is 5.07. The number of nitrogens with zero attached hydrogens (tertiary/aromatic N) is 1. The molecule has 1 amide bonds. The Morgan fingerprint density at radius 2 is 1.94 bits per heavy atom. The molecular formula is C23H29N2O7-. The van der Waals surface area contributed by atoms with Gasteiger partial charge in [0.25, 0.3) is 0 Å². The predicted molar refractivity (Wildman–Crippen MR) is 111 cm³/mol. The van der Waals surface area contributed by atoms with Gasteiger partial charge in [0, 0.05) is 6.04 Å². The summed E-state index contributed by atoms with van der Waals surface area (Å²) in [5.41, 5.74) is 0.944. The third-order valence-corrected chi connectivity index (χ3v) is 6.36. The molecule has 9 nitrogen and oxygen atoms in total. The normalized spacial score (nSPS) is 23.9. The SMILES string of the molecule is CCOC(=O)[C@H](CCc1ccccc1)N[C@@H](C(=O)[O-])C(=O)N1[C@H](C(=O)O)C[C@@H]2CCC[C@@H]21. The van der Waals surface area contributed by atoms with Crippen molar-refractivity contribution >= 4 is 23.8 Å². The number of aliphatic carboxylic acids is 2. The monoisotopic (exact) mass is 445 g/mol. The van der Waals surface area contributed by atoms with Gasteiger partial charge in [-0.3, -0.25) is 14.9 Å². The molecule has 1 saturated carbocycles. The molecule has 1 heterocycles. The molecule has 1 aromatic rings. The topological polar surface area (TPSA) is 136 Å². The van der Waals surface area contributed by atoms with E-state index >= 15 is 0 Å². The van der Waals surface area contributed by atoms with E-state index in [0.29, 0.717) is 19.3 Å². The molecule has 0 aromatic heterocycles. The van der Waals surface area contributed by atoms with E-state index in [-0.39, 0.29) is 25.0 Å². The van der Waals surface area contributed by atoms with Crippen molar-refractivity contribution < 1.29 is 34.1 Å². The quantitative estimate of drug-likeness (QED) is 0.383. The molecule has 0 spiro atoms. The van der Waals surface area contributed by atoms with E-state index in [2.05, 4.69) is 5.32 Å². The van der Waals surface area contributed by atoms with Crippen LogP contribution in [-0.4, -0.2) is 64.6 Å². The minimum Gasteiger partial charge on any atom is -0.548 e. The number of carbonyl (C=O) groups excluding carboxylic acids is 3. The zero-order chi connectivity index (χ0) is 23.3. The molecule has 0 unspecified atom stereocenters. The van der Waals surface area contributed by atoms with E-state index in [0.717, 1.165) is 18.4 Å². The number of carboxylic acid groups (broad SMARTS) is 2. The number of rotatable bonds is 10. The third kappa shape index (κ3) is 5.27. The molecule has 174 valence electrons. The van der Waals surface area contributed by atoms with Gasteiger partial charge >= 0.3 is 11.9 Å². The lowest BCUT2D eigenvalue weighted by Gasteiger charge is -2.33. The van der Waals surface area contributed by atoms with Gasteiger partial charge in [-0.05, 0) is 50.5 Å². The summed E-state index contributed by atoms with van der Waals surface area (Å²) in [6, 6.07) is 5.04. The third-order valence-electron chi connectivity index (χ3n) is 6.36. The molecule has 1 aliphatic heterocycles. The van der Waals surface area contributed by atoms with Crippen molar-refractivity contribution in [1.82, 2.24) is 10.2 Å². The molecule has 9 heteroatoms. The number of likely N-dealkylation sites (tertiary alicyclic amines) is 1. The lowest BCUT2D eigenvalue weighted by Crippen LogP contribution is -2.62. The molecule has 2 fully saturated rings. The van der Waals surface area contributed by atoms with Crippen LogP contribution in [0.2, 0.25) is 0 Å². The van der Waals surface area contributed by atoms with Crippen LogP contribution in [0.3, 0.4) is 0 Å². The maximum absolute atomic E-state index is 13.3. The Balaban J connectivity index is 1.79. The van der Waals surface area contributed by atoms with Gasteiger partial charge < -0.3 is 24.6 Å². The maximum atomic E-state index is 13.3. The van der Waals surface area contributed by atoms with Crippen molar-refractivity contribution in [2.24, 2.45) is 5.92 Å². The summed E-state index contributed by atoms with van der Waals surface area (Å²) in [5, 5.41) is 24.1. The number of amides is 1. The molecule has 0 radical (unpaired) electrons. The molecule has 5 atom stereocenters. The average molecular weight is 445 g/mol. The minimum absolute atomic E-state index is 0.0430. The first-order chi connectivity index (χ1) is 15.3. The summed E-state index contributed by atoms with van der Waals surface area (Å²) in [6.45, 7) is 1.73. The standard InChI is InChI=1S/C23H30N2O7/c1-2-32-23(31)16(12-11-14-7-4-3-5-8-14)24-19(22(29)30)20(26)25-17-10-6-9-15(17)13-18(25)21(27)28/h3-5,7-8,15-19,24H,2,6,9-13H2,1H3,(H,27,28)(H,29,30)/p-1/t15-,16-,17-,18-,19+/m0/s1. The number of fused-ring (bicyclic) bond motifs is 1. The second-order valence-electron chi connectivity index (χ2n) is 8.34. The maximum Gasteiger partial charge on any atom is 0.326 e. The Kier molecular flexibility index (Phi) is 7.84. The molecule has 1 aromatic carbocycles. The van der Waals surface area contributed by atoms with Crippen LogP contribution in [0.15, 0.2) is 30.3 Å². The van der Waals surface area contributed by atoms with E-state index in [1.807, 2.05) is 30.3 Å². The number of carboxylic acids is 2. The first-order valence-electron chi connectivity index (χ1n) is 11.1. The van der Waals surface area contributed by atoms with Crippen molar-refractivity contribution in [3.05, 3.63) is 35.9 Å². The number of ether oxygens (including phenoxy) is 1. The molecular weight excluding hydrogens is 416 g/mol. The zero-order valence-electron chi connectivity index (χ0n) is 18.1. The number of benzene rings is 1. The summed E-state index contributed by atoms with van der Waals surface area (Å²) in [5.74, 6) is -4.36.